The van der Waals surface area contributed by atoms with Gasteiger partial charge in [0.1, 0.15) is 14.7 Å². The number of para-hydroxylation sites is 1. The van der Waals surface area contributed by atoms with Crippen LogP contribution in [-0.2, 0) is 30.4 Å². The Morgan fingerprint density at radius 3 is 2.18 bits per heavy atom. The highest BCUT2D eigenvalue weighted by Gasteiger charge is 2.33. The van der Waals surface area contributed by atoms with Gasteiger partial charge in [-0.25, -0.2) is 0 Å². The number of allylic oxidation sites excluding steroid dienone is 1. The molecule has 0 unspecified atom stereocenters. The molecular formula is C30H22FN7O10S3. The summed E-state index contributed by atoms with van der Waals surface area (Å²) in [6.07, 6.45) is -0.203. The number of nitrogens with one attached hydrogen (secondary N) is 2. The Labute approximate surface area is 288 Å². The predicted molar refractivity (Wildman–Crippen MR) is 183 cm³/mol. The van der Waals surface area contributed by atoms with Gasteiger partial charge in [-0.15, -0.1) is 0 Å². The molecule has 1 aromatic heterocycles. The zero-order valence-corrected chi connectivity index (χ0v) is 28.1. The van der Waals surface area contributed by atoms with E-state index < -0.39 is 68.3 Å². The summed E-state index contributed by atoms with van der Waals surface area (Å²) in [5.41, 5.74) is 1.46. The molecule has 6 rings (SSSR count). The summed E-state index contributed by atoms with van der Waals surface area (Å²) in [5.74, 6) is -1.32. The summed E-state index contributed by atoms with van der Waals surface area (Å²) < 4.78 is 118. The van der Waals surface area contributed by atoms with Crippen LogP contribution in [0.3, 0.4) is 0 Å². The third-order valence-electron chi connectivity index (χ3n) is 7.40. The van der Waals surface area contributed by atoms with E-state index in [1.165, 1.54) is 23.1 Å². The number of aromatic nitrogens is 3. The molecule has 262 valence electrons. The molecule has 0 saturated heterocycles. The van der Waals surface area contributed by atoms with Gasteiger partial charge >= 0.3 is 6.08 Å². The van der Waals surface area contributed by atoms with Gasteiger partial charge < -0.3 is 10.2 Å². The number of fused-ring (bicyclic) bond motifs is 2. The maximum absolute atomic E-state index is 14.4. The number of Topliss-reactive ketones (excluding diaryl/α,β-unsaturated/α-hetero) is 1. The Morgan fingerprint density at radius 2 is 1.51 bits per heavy atom. The van der Waals surface area contributed by atoms with Gasteiger partial charge in [0.25, 0.3) is 30.4 Å². The molecule has 0 aliphatic heterocycles. The molecule has 0 radical (unpaired) electrons. The van der Waals surface area contributed by atoms with Gasteiger partial charge in [0, 0.05) is 34.8 Å². The van der Waals surface area contributed by atoms with Crippen LogP contribution in [0.25, 0.3) is 16.8 Å². The lowest BCUT2D eigenvalue weighted by atomic mass is 9.94. The van der Waals surface area contributed by atoms with Crippen LogP contribution in [0.1, 0.15) is 15.9 Å². The Kier molecular flexibility index (Phi) is 8.87. The molecule has 0 saturated carbocycles. The first kappa shape index (κ1) is 35.1. The van der Waals surface area contributed by atoms with Gasteiger partial charge in [0.05, 0.1) is 5.69 Å². The Hall–Kier alpha value is -5.71. The van der Waals surface area contributed by atoms with Crippen LogP contribution in [0, 0.1) is 6.08 Å². The molecule has 0 spiro atoms. The number of carbonyl (C=O) groups excluding carboxylic acids is 1. The fraction of sp³-hybridized carbons (Fsp3) is 0.0333. The van der Waals surface area contributed by atoms with Gasteiger partial charge in [0.2, 0.25) is 17.7 Å². The van der Waals surface area contributed by atoms with Crippen LogP contribution < -0.4 is 15.6 Å². The number of carbonyl (C=O) groups is 1. The minimum atomic E-state index is -5.17. The topological polar surface area (TPSA) is 259 Å². The number of benzene rings is 4. The maximum Gasteiger partial charge on any atom is 0.315 e. The van der Waals surface area contributed by atoms with Crippen molar-refractivity contribution < 1.29 is 48.1 Å². The van der Waals surface area contributed by atoms with Crippen LogP contribution in [0.2, 0.25) is 0 Å². The fourth-order valence-electron chi connectivity index (χ4n) is 5.17. The fourth-order valence-corrected chi connectivity index (χ4v) is 7.38. The van der Waals surface area contributed by atoms with Crippen molar-refractivity contribution in [3.05, 3.63) is 101 Å². The average molecular weight is 756 g/mol. The van der Waals surface area contributed by atoms with Crippen LogP contribution >= 0.6 is 0 Å². The lowest BCUT2D eigenvalue weighted by molar-refractivity contribution is 0.106. The number of rotatable bonds is 9. The second-order valence-corrected chi connectivity index (χ2v) is 14.8. The standard InChI is InChI=1S/C30H22FN7O10S3/c1-38(18-6-3-2-4-7-18)30-34-28(31)33-29(35-30)32-17-10-11-19-16(14-17)15-24(50(43,44)45)25(26(19)39)37-36-22-13-12-20-21(27(22)51(46,47)48)8-5-9-23(20)49(40,41)42/h2-15,36H,1H3,(H,40,41,42)(H,43,44,45)(H,46,47,48)(H,32,33,34,35)/b37-25+. The minimum absolute atomic E-state index is 0.0326. The molecule has 1 heterocycles. The minimum Gasteiger partial charge on any atom is -0.324 e. The highest BCUT2D eigenvalue weighted by molar-refractivity contribution is 7.91. The quantitative estimate of drug-likeness (QED) is 0.105. The smallest absolute Gasteiger partial charge is 0.315 e. The van der Waals surface area contributed by atoms with Crippen LogP contribution in [0.15, 0.2) is 98.7 Å². The van der Waals surface area contributed by atoms with Crippen LogP contribution in [0.5, 0.6) is 0 Å². The van der Waals surface area contributed by atoms with E-state index in [9.17, 15) is 48.1 Å². The van der Waals surface area contributed by atoms with Crippen molar-refractivity contribution in [2.75, 3.05) is 22.7 Å². The zero-order valence-electron chi connectivity index (χ0n) is 25.6. The van der Waals surface area contributed by atoms with E-state index in [1.54, 1.807) is 37.4 Å². The summed E-state index contributed by atoms with van der Waals surface area (Å²) in [4.78, 5) is 24.0. The normalized spacial score (nSPS) is 14.3. The van der Waals surface area contributed by atoms with Crippen molar-refractivity contribution in [2.45, 2.75) is 9.79 Å². The third-order valence-corrected chi connectivity index (χ3v) is 10.1. The average Bonchev–Trinajstić information content (AvgIpc) is 3.05. The van der Waals surface area contributed by atoms with Crippen LogP contribution in [0.4, 0.5) is 33.3 Å². The number of anilines is 5. The molecule has 5 aromatic rings. The van der Waals surface area contributed by atoms with Crippen molar-refractivity contribution >= 4 is 87.7 Å². The number of halogens is 1. The Bertz CT molecular complexity index is 2670. The van der Waals surface area contributed by atoms with Gasteiger partial charge in [-0.2, -0.15) is 49.7 Å². The molecule has 4 aromatic carbocycles. The molecule has 0 bridgehead atoms. The first-order valence-electron chi connectivity index (χ1n) is 14.1. The largest absolute Gasteiger partial charge is 0.324 e. The highest BCUT2D eigenvalue weighted by Crippen LogP contribution is 2.35. The Morgan fingerprint density at radius 1 is 0.784 bits per heavy atom. The second kappa shape index (κ2) is 12.9. The lowest BCUT2D eigenvalue weighted by Gasteiger charge is -2.19. The first-order valence-corrected chi connectivity index (χ1v) is 18.4. The van der Waals surface area contributed by atoms with Gasteiger partial charge in [-0.3, -0.25) is 23.9 Å². The SMILES string of the molecule is CN(c1ccccc1)c1nc(F)nc(Nc2ccc3c(c2)C=C(S(=O)(=O)O)/C(=N\Nc2ccc4c(S(=O)(=O)O)cccc4c2S(=O)(=O)O)C3=O)n1. The van der Waals surface area contributed by atoms with E-state index in [0.29, 0.717) is 5.69 Å². The second-order valence-electron chi connectivity index (χ2n) is 10.7. The van der Waals surface area contributed by atoms with Crippen molar-refractivity contribution in [1.29, 1.82) is 0 Å². The highest BCUT2D eigenvalue weighted by atomic mass is 32.2. The summed E-state index contributed by atoms with van der Waals surface area (Å²) in [6.45, 7) is 0. The van der Waals surface area contributed by atoms with Crippen molar-refractivity contribution in [3.63, 3.8) is 0 Å². The van der Waals surface area contributed by atoms with E-state index in [-0.39, 0.29) is 39.5 Å². The summed E-state index contributed by atoms with van der Waals surface area (Å²) >= 11 is 0. The van der Waals surface area contributed by atoms with E-state index in [4.69, 9.17) is 0 Å². The van der Waals surface area contributed by atoms with Gasteiger partial charge in [-0.05, 0) is 54.1 Å². The molecule has 17 nitrogen and oxygen atoms in total. The van der Waals surface area contributed by atoms with Crippen molar-refractivity contribution in [1.82, 2.24) is 15.0 Å². The van der Waals surface area contributed by atoms with Crippen molar-refractivity contribution in [3.8, 4) is 0 Å². The van der Waals surface area contributed by atoms with Gasteiger partial charge in [-0.1, -0.05) is 36.4 Å². The van der Waals surface area contributed by atoms with E-state index >= 15 is 0 Å². The molecule has 1 aliphatic carbocycles. The molecule has 1 aliphatic rings. The molecular weight excluding hydrogens is 734 g/mol. The van der Waals surface area contributed by atoms with E-state index in [2.05, 4.69) is 30.8 Å². The van der Waals surface area contributed by atoms with Crippen LogP contribution in [-0.4, -0.2) is 72.4 Å². The molecule has 0 fully saturated rings. The van der Waals surface area contributed by atoms with Crippen molar-refractivity contribution in [2.24, 2.45) is 5.10 Å². The number of nitrogens with zero attached hydrogens (tertiary/aromatic N) is 5. The molecule has 0 atom stereocenters. The zero-order chi connectivity index (χ0) is 36.9. The molecule has 0 amide bonds. The van der Waals surface area contributed by atoms with E-state index in [0.717, 1.165) is 36.4 Å². The first-order chi connectivity index (χ1) is 23.9. The Balaban J connectivity index is 1.37. The summed E-state index contributed by atoms with van der Waals surface area (Å²) in [7, 11) is -13.6. The third kappa shape index (κ3) is 7.15. The molecule has 21 heteroatoms. The number of ketones is 1. The number of hydrogen-bond acceptors (Lipinski definition) is 14. The molecule has 5 N–H and O–H groups in total. The summed E-state index contributed by atoms with van der Waals surface area (Å²) in [5, 5.41) is 5.85. The summed E-state index contributed by atoms with van der Waals surface area (Å²) in [6, 6.07) is 18.0. The maximum atomic E-state index is 14.4. The van der Waals surface area contributed by atoms with E-state index in [1.807, 2.05) is 0 Å². The number of hydrazone groups is 1. The monoisotopic (exact) mass is 755 g/mol. The number of hydrogen-bond donors (Lipinski definition) is 5. The van der Waals surface area contributed by atoms with Gasteiger partial charge in [0.15, 0.2) is 5.71 Å². The lowest BCUT2D eigenvalue weighted by Crippen LogP contribution is -2.27. The predicted octanol–water partition coefficient (Wildman–Crippen LogP) is 4.06. The molecule has 51 heavy (non-hydrogen) atoms.